The molecule has 0 radical (unpaired) electrons. The number of nitrogens with two attached hydrogens (primary N) is 1. The van der Waals surface area contributed by atoms with Gasteiger partial charge in [-0.25, -0.2) is 0 Å². The molecule has 0 bridgehead atoms. The van der Waals surface area contributed by atoms with E-state index in [1.807, 2.05) is 0 Å². The Kier molecular flexibility index (Phi) is 5.90. The molecule has 6 atom stereocenters. The van der Waals surface area contributed by atoms with Gasteiger partial charge in [0.2, 0.25) is 5.78 Å². The molecule has 0 saturated heterocycles. The molecule has 0 saturated carbocycles. The number of rotatable bonds is 4. The van der Waals surface area contributed by atoms with E-state index >= 15 is 0 Å². The highest BCUT2D eigenvalue weighted by Crippen LogP contribution is 2.55. The maximum Gasteiger partial charge on any atom is 0.255 e. The molecule has 11 heteroatoms. The summed E-state index contributed by atoms with van der Waals surface area (Å²) in [5.41, 5.74) is 1.14. The predicted molar refractivity (Wildman–Crippen MR) is 125 cm³/mol. The maximum absolute atomic E-state index is 13.6. The van der Waals surface area contributed by atoms with Crippen molar-refractivity contribution >= 4 is 29.8 Å². The highest BCUT2D eigenvalue weighted by atomic mass is 16.4. The molecule has 190 valence electrons. The number of allylic oxidation sites excluding steroid dienone is 1. The molecular weight excluding hydrogens is 472 g/mol. The number of ketones is 2. The maximum atomic E-state index is 13.6. The van der Waals surface area contributed by atoms with E-state index in [1.54, 1.807) is 13.0 Å². The second kappa shape index (κ2) is 8.40. The van der Waals surface area contributed by atoms with Crippen LogP contribution in [0.25, 0.3) is 6.08 Å². The molecule has 3 aliphatic carbocycles. The molecule has 1 aromatic rings. The monoisotopic (exact) mass is 498 g/mol. The minimum Gasteiger partial charge on any atom is -0.510 e. The number of carbonyl (C=O) groups excluding carboxylic acids is 4. The Morgan fingerprint density at radius 1 is 1.17 bits per heavy atom. The molecule has 7 N–H and O–H groups in total. The third kappa shape index (κ3) is 3.10. The van der Waals surface area contributed by atoms with Crippen molar-refractivity contribution in [1.29, 1.82) is 0 Å². The summed E-state index contributed by atoms with van der Waals surface area (Å²) in [5, 5.41) is 56.0. The Labute approximate surface area is 205 Å². The lowest BCUT2D eigenvalue weighted by Crippen LogP contribution is -2.68. The molecule has 36 heavy (non-hydrogen) atoms. The Hall–Kier alpha value is -3.80. The zero-order chi connectivity index (χ0) is 26.9. The van der Waals surface area contributed by atoms with Crippen LogP contribution in [0.2, 0.25) is 0 Å². The predicted octanol–water partition coefficient (Wildman–Crippen LogP) is -0.135. The standard InChI is InChI=1S/C25H26N2O9/c1-9-11-7-6-10(5-4-8-28)18(29)13(11)19(30)14-12(9)20(31)16-17(27(2)3)21(32)15(24(26)35)23(34)25(16,36)22(14)33/h4-9,12,16-17,20,29,31-33,36H,1-3H3,(H2,26,35)/t9?,12?,16?,17-,20?,25-/m0/s1. The molecule has 0 spiro atoms. The van der Waals surface area contributed by atoms with E-state index in [0.717, 1.165) is 6.08 Å². The lowest BCUT2D eigenvalue weighted by molar-refractivity contribution is -0.162. The highest BCUT2D eigenvalue weighted by Gasteiger charge is 2.67. The lowest BCUT2D eigenvalue weighted by atomic mass is 9.55. The number of carbonyl (C=O) groups is 4. The second-order valence-electron chi connectivity index (χ2n) is 9.51. The van der Waals surface area contributed by atoms with E-state index in [1.165, 1.54) is 31.1 Å². The molecule has 0 aromatic heterocycles. The Balaban J connectivity index is 2.03. The summed E-state index contributed by atoms with van der Waals surface area (Å²) in [6, 6.07) is 1.71. The van der Waals surface area contributed by atoms with Crippen LogP contribution in [0.1, 0.15) is 34.3 Å². The number of aldehydes is 1. The van der Waals surface area contributed by atoms with Gasteiger partial charge < -0.3 is 31.3 Å². The number of phenols is 1. The van der Waals surface area contributed by atoms with Gasteiger partial charge in [0.05, 0.1) is 23.6 Å². The van der Waals surface area contributed by atoms with Crippen molar-refractivity contribution in [2.75, 3.05) is 14.1 Å². The number of likely N-dealkylation sites (N-methyl/N-ethyl adjacent to an activating group) is 1. The molecule has 4 unspecified atom stereocenters. The Morgan fingerprint density at radius 3 is 2.36 bits per heavy atom. The molecule has 3 aliphatic rings. The fourth-order valence-corrected chi connectivity index (χ4v) is 5.92. The zero-order valence-corrected chi connectivity index (χ0v) is 19.7. The summed E-state index contributed by atoms with van der Waals surface area (Å²) in [5.74, 6) is -9.49. The first kappa shape index (κ1) is 25.3. The number of fused-ring (bicyclic) bond motifs is 3. The smallest absolute Gasteiger partial charge is 0.255 e. The number of hydrogen-bond acceptors (Lipinski definition) is 10. The van der Waals surface area contributed by atoms with Crippen LogP contribution in [0.15, 0.2) is 40.9 Å². The first-order chi connectivity index (χ1) is 16.8. The van der Waals surface area contributed by atoms with Gasteiger partial charge in [-0.3, -0.25) is 24.1 Å². The first-order valence-corrected chi connectivity index (χ1v) is 11.1. The molecule has 11 nitrogen and oxygen atoms in total. The number of nitrogens with zero attached hydrogens (tertiary/aromatic N) is 1. The number of benzene rings is 1. The van der Waals surface area contributed by atoms with Crippen molar-refractivity contribution in [3.05, 3.63) is 57.6 Å². The number of hydrogen-bond donors (Lipinski definition) is 6. The minimum atomic E-state index is -2.96. The first-order valence-electron chi connectivity index (χ1n) is 11.1. The Bertz CT molecular complexity index is 1310. The highest BCUT2D eigenvalue weighted by molar-refractivity contribution is 6.25. The van der Waals surface area contributed by atoms with Crippen LogP contribution >= 0.6 is 0 Å². The molecule has 0 aliphatic heterocycles. The fourth-order valence-electron chi connectivity index (χ4n) is 5.92. The van der Waals surface area contributed by atoms with Gasteiger partial charge in [-0.15, -0.1) is 0 Å². The van der Waals surface area contributed by atoms with Gasteiger partial charge in [-0.2, -0.15) is 0 Å². The van der Waals surface area contributed by atoms with Gasteiger partial charge >= 0.3 is 0 Å². The number of phenolic OH excluding ortho intramolecular Hbond substituents is 1. The van der Waals surface area contributed by atoms with Gasteiger partial charge in [0.15, 0.2) is 11.4 Å². The Morgan fingerprint density at radius 2 is 1.81 bits per heavy atom. The normalized spacial score (nSPS) is 32.0. The van der Waals surface area contributed by atoms with Crippen molar-refractivity contribution in [3.63, 3.8) is 0 Å². The summed E-state index contributed by atoms with van der Waals surface area (Å²) in [6.07, 6.45) is 1.22. The third-order valence-electron chi connectivity index (χ3n) is 7.52. The summed E-state index contributed by atoms with van der Waals surface area (Å²) >= 11 is 0. The van der Waals surface area contributed by atoms with Gasteiger partial charge in [0.25, 0.3) is 5.91 Å². The summed E-state index contributed by atoms with van der Waals surface area (Å²) < 4.78 is 0. The van der Waals surface area contributed by atoms with Gasteiger partial charge in [0, 0.05) is 17.1 Å². The van der Waals surface area contributed by atoms with Gasteiger partial charge in [-0.1, -0.05) is 19.1 Å². The molecule has 1 amide bonds. The van der Waals surface area contributed by atoms with E-state index in [2.05, 4.69) is 0 Å². The van der Waals surface area contributed by atoms with E-state index < -0.39 is 81.4 Å². The third-order valence-corrected chi connectivity index (χ3v) is 7.52. The molecule has 0 fully saturated rings. The van der Waals surface area contributed by atoms with Crippen LogP contribution < -0.4 is 5.73 Å². The van der Waals surface area contributed by atoms with E-state index in [4.69, 9.17) is 5.73 Å². The molecule has 0 heterocycles. The van der Waals surface area contributed by atoms with Crippen LogP contribution in [-0.4, -0.2) is 86.0 Å². The van der Waals surface area contributed by atoms with Crippen molar-refractivity contribution in [2.24, 2.45) is 17.6 Å². The number of primary amides is 1. The molecule has 4 rings (SSSR count). The van der Waals surface area contributed by atoms with Crippen molar-refractivity contribution in [3.8, 4) is 5.75 Å². The summed E-state index contributed by atoms with van der Waals surface area (Å²) in [7, 11) is 2.94. The van der Waals surface area contributed by atoms with Crippen molar-refractivity contribution in [1.82, 2.24) is 4.90 Å². The average Bonchev–Trinajstić information content (AvgIpc) is 2.80. The molecular formula is C25H26N2O9. The van der Waals surface area contributed by atoms with Crippen molar-refractivity contribution in [2.45, 2.75) is 30.6 Å². The van der Waals surface area contributed by atoms with Crippen LogP contribution in [0.5, 0.6) is 5.75 Å². The lowest BCUT2D eigenvalue weighted by Gasteiger charge is -2.53. The number of aliphatic hydroxyl groups is 4. The van der Waals surface area contributed by atoms with Crippen LogP contribution in [0.4, 0.5) is 0 Å². The fraction of sp³-hybridized carbons (Fsp3) is 0.360. The number of amides is 1. The van der Waals surface area contributed by atoms with E-state index in [0.29, 0.717) is 11.8 Å². The molecule has 1 aromatic carbocycles. The van der Waals surface area contributed by atoms with E-state index in [9.17, 15) is 44.7 Å². The minimum absolute atomic E-state index is 0.137. The van der Waals surface area contributed by atoms with Crippen LogP contribution in [-0.2, 0) is 14.4 Å². The van der Waals surface area contributed by atoms with Crippen LogP contribution in [0.3, 0.4) is 0 Å². The van der Waals surface area contributed by atoms with E-state index in [-0.39, 0.29) is 11.1 Å². The summed E-state index contributed by atoms with van der Waals surface area (Å²) in [4.78, 5) is 51.1. The number of Topliss-reactive ketones (excluding diaryl/α,β-unsaturated/α-hetero) is 2. The summed E-state index contributed by atoms with van der Waals surface area (Å²) in [6.45, 7) is 1.64. The van der Waals surface area contributed by atoms with Gasteiger partial charge in [-0.05, 0) is 37.7 Å². The topological polar surface area (TPSA) is 199 Å². The quantitative estimate of drug-likeness (QED) is 0.185. The average molecular weight is 498 g/mol. The number of aromatic hydroxyl groups is 1. The largest absolute Gasteiger partial charge is 0.510 e. The van der Waals surface area contributed by atoms with Crippen molar-refractivity contribution < 1.29 is 44.7 Å². The zero-order valence-electron chi connectivity index (χ0n) is 19.7. The van der Waals surface area contributed by atoms with Gasteiger partial charge in [0.1, 0.15) is 29.1 Å². The number of aliphatic hydroxyl groups excluding tert-OH is 3. The van der Waals surface area contributed by atoms with Crippen LogP contribution in [0, 0.1) is 11.8 Å². The SMILES string of the molecule is CC1c2ccc(C=CC=O)c(O)c2C(=O)C2=C(O)[C@]3(O)C(=O)C(C(N)=O)=C(O)[C@@H](N(C)C)C3C(O)C21. The second-order valence-corrected chi connectivity index (χ2v) is 9.51.